The first kappa shape index (κ1) is 20.8. The minimum absolute atomic E-state index is 0.0247. The number of nitro benzene ring substituents is 1. The number of halogens is 2. The van der Waals surface area contributed by atoms with Crippen molar-refractivity contribution in [3.05, 3.63) is 84.9 Å². The van der Waals surface area contributed by atoms with Gasteiger partial charge in [0.05, 0.1) is 15.5 Å². The molecule has 1 aromatic heterocycles. The average molecular weight is 522 g/mol. The van der Waals surface area contributed by atoms with E-state index < -0.39 is 4.92 Å². The first-order valence-corrected chi connectivity index (χ1v) is 10.8. The molecule has 1 fully saturated rings. The number of non-ortho nitro benzene ring substituents is 1. The zero-order valence-corrected chi connectivity index (χ0v) is 18.8. The average Bonchev–Trinajstić information content (AvgIpc) is 3.27. The summed E-state index contributed by atoms with van der Waals surface area (Å²) in [5.41, 5.74) is 1.28. The summed E-state index contributed by atoms with van der Waals surface area (Å²) in [7, 11) is 0. The van der Waals surface area contributed by atoms with E-state index in [2.05, 4.69) is 15.9 Å². The SMILES string of the molecule is O=C1/C(=C/c2ccc(-c3ccc([N+](=O)[O-])cc3Br)o2)SC(=S)N1c1ccc(Cl)cc1. The van der Waals surface area contributed by atoms with Crippen molar-refractivity contribution in [2.75, 3.05) is 4.90 Å². The van der Waals surface area contributed by atoms with Gasteiger partial charge in [-0.2, -0.15) is 0 Å². The maximum Gasteiger partial charge on any atom is 0.270 e. The molecule has 1 saturated heterocycles. The van der Waals surface area contributed by atoms with Gasteiger partial charge in [-0.05, 0) is 58.4 Å². The number of benzene rings is 2. The number of furan rings is 1. The van der Waals surface area contributed by atoms with Crippen LogP contribution in [-0.2, 0) is 4.79 Å². The second-order valence-electron chi connectivity index (χ2n) is 6.12. The van der Waals surface area contributed by atoms with Gasteiger partial charge in [0.25, 0.3) is 11.6 Å². The molecule has 10 heteroatoms. The van der Waals surface area contributed by atoms with E-state index in [0.717, 1.165) is 0 Å². The molecular formula is C20H10BrClN2O4S2. The maximum absolute atomic E-state index is 12.8. The lowest BCUT2D eigenvalue weighted by Crippen LogP contribution is -2.27. The van der Waals surface area contributed by atoms with Gasteiger partial charge >= 0.3 is 0 Å². The van der Waals surface area contributed by atoms with Crippen LogP contribution >= 0.6 is 51.5 Å². The van der Waals surface area contributed by atoms with Gasteiger partial charge in [0, 0.05) is 33.3 Å². The summed E-state index contributed by atoms with van der Waals surface area (Å²) in [6.07, 6.45) is 1.62. The highest BCUT2D eigenvalue weighted by Gasteiger charge is 2.33. The summed E-state index contributed by atoms with van der Waals surface area (Å²) in [6, 6.07) is 14.7. The van der Waals surface area contributed by atoms with Crippen molar-refractivity contribution in [1.82, 2.24) is 0 Å². The van der Waals surface area contributed by atoms with Crippen LogP contribution in [0.25, 0.3) is 17.4 Å². The Labute approximate surface area is 193 Å². The van der Waals surface area contributed by atoms with E-state index in [1.165, 1.54) is 28.8 Å². The van der Waals surface area contributed by atoms with Crippen molar-refractivity contribution in [3.63, 3.8) is 0 Å². The Hall–Kier alpha value is -2.46. The van der Waals surface area contributed by atoms with Crippen LogP contribution in [0.1, 0.15) is 5.76 Å². The fourth-order valence-corrected chi connectivity index (χ4v) is 4.77. The Balaban J connectivity index is 1.60. The zero-order valence-electron chi connectivity index (χ0n) is 14.9. The zero-order chi connectivity index (χ0) is 21.4. The number of carbonyl (C=O) groups is 1. The van der Waals surface area contributed by atoms with Gasteiger partial charge in [0.1, 0.15) is 11.5 Å². The number of carbonyl (C=O) groups excluding carboxylic acids is 1. The predicted molar refractivity (Wildman–Crippen MR) is 126 cm³/mol. The smallest absolute Gasteiger partial charge is 0.270 e. The highest BCUT2D eigenvalue weighted by Crippen LogP contribution is 2.38. The third-order valence-electron chi connectivity index (χ3n) is 4.21. The van der Waals surface area contributed by atoms with Crippen molar-refractivity contribution in [2.45, 2.75) is 0 Å². The number of anilines is 1. The molecule has 1 amide bonds. The van der Waals surface area contributed by atoms with Crippen molar-refractivity contribution >= 4 is 79.2 Å². The molecule has 0 N–H and O–H groups in total. The summed E-state index contributed by atoms with van der Waals surface area (Å²) in [5.74, 6) is 0.727. The Morgan fingerprint density at radius 3 is 2.57 bits per heavy atom. The first-order chi connectivity index (χ1) is 14.3. The van der Waals surface area contributed by atoms with Crippen LogP contribution in [0.3, 0.4) is 0 Å². The molecule has 30 heavy (non-hydrogen) atoms. The van der Waals surface area contributed by atoms with Gasteiger partial charge in [-0.25, -0.2) is 0 Å². The summed E-state index contributed by atoms with van der Waals surface area (Å²) in [4.78, 5) is 25.1. The van der Waals surface area contributed by atoms with Crippen molar-refractivity contribution < 1.29 is 14.1 Å². The van der Waals surface area contributed by atoms with E-state index in [-0.39, 0.29) is 11.6 Å². The van der Waals surface area contributed by atoms with Gasteiger partial charge < -0.3 is 4.42 Å². The largest absolute Gasteiger partial charge is 0.457 e. The van der Waals surface area contributed by atoms with Gasteiger partial charge in [-0.1, -0.05) is 35.6 Å². The lowest BCUT2D eigenvalue weighted by atomic mass is 10.1. The minimum atomic E-state index is -0.467. The topological polar surface area (TPSA) is 76.6 Å². The molecule has 1 aliphatic rings. The number of thiocarbonyl (C=S) groups is 1. The molecule has 0 unspecified atom stereocenters. The summed E-state index contributed by atoms with van der Waals surface area (Å²) >= 11 is 15.8. The van der Waals surface area contributed by atoms with Crippen LogP contribution in [0.2, 0.25) is 5.02 Å². The van der Waals surface area contributed by atoms with Gasteiger partial charge in [-0.15, -0.1) is 0 Å². The van der Waals surface area contributed by atoms with Crippen LogP contribution in [0.5, 0.6) is 0 Å². The predicted octanol–water partition coefficient (Wildman–Crippen LogP) is 6.68. The standard InChI is InChI=1S/C20H10BrClN2O4S2/c21-16-9-13(24(26)27)5-7-15(16)17-8-6-14(28-17)10-18-19(25)23(20(29)30-18)12-3-1-11(22)2-4-12/h1-10H/b18-10-. The molecule has 0 aliphatic carbocycles. The maximum atomic E-state index is 12.8. The Morgan fingerprint density at radius 1 is 1.17 bits per heavy atom. The second kappa shape index (κ2) is 8.35. The van der Waals surface area contributed by atoms with Crippen molar-refractivity contribution in [3.8, 4) is 11.3 Å². The van der Waals surface area contributed by atoms with E-state index in [1.54, 1.807) is 48.5 Å². The van der Waals surface area contributed by atoms with E-state index in [1.807, 2.05) is 0 Å². The number of nitrogens with zero attached hydrogens (tertiary/aromatic N) is 2. The minimum Gasteiger partial charge on any atom is -0.457 e. The number of rotatable bonds is 4. The van der Waals surface area contributed by atoms with E-state index in [0.29, 0.717) is 41.5 Å². The molecule has 4 rings (SSSR count). The van der Waals surface area contributed by atoms with Crippen molar-refractivity contribution in [2.24, 2.45) is 0 Å². The molecule has 6 nitrogen and oxygen atoms in total. The molecule has 2 heterocycles. The molecule has 1 aliphatic heterocycles. The highest BCUT2D eigenvalue weighted by molar-refractivity contribution is 9.10. The Bertz CT molecular complexity index is 1220. The van der Waals surface area contributed by atoms with Crippen LogP contribution < -0.4 is 4.90 Å². The molecule has 0 spiro atoms. The number of amides is 1. The molecule has 150 valence electrons. The Kier molecular flexibility index (Phi) is 5.79. The fourth-order valence-electron chi connectivity index (χ4n) is 2.80. The molecule has 0 bridgehead atoms. The number of nitro groups is 1. The van der Waals surface area contributed by atoms with Gasteiger partial charge in [0.2, 0.25) is 0 Å². The first-order valence-electron chi connectivity index (χ1n) is 8.41. The summed E-state index contributed by atoms with van der Waals surface area (Å²) < 4.78 is 6.78. The summed E-state index contributed by atoms with van der Waals surface area (Å²) in [5, 5.41) is 11.5. The monoisotopic (exact) mass is 520 g/mol. The molecule has 0 radical (unpaired) electrons. The summed E-state index contributed by atoms with van der Waals surface area (Å²) in [6.45, 7) is 0. The third-order valence-corrected chi connectivity index (χ3v) is 6.42. The lowest BCUT2D eigenvalue weighted by molar-refractivity contribution is -0.384. The number of hydrogen-bond acceptors (Lipinski definition) is 6. The molecule has 0 atom stereocenters. The second-order valence-corrected chi connectivity index (χ2v) is 9.08. The fraction of sp³-hybridized carbons (Fsp3) is 0. The highest BCUT2D eigenvalue weighted by atomic mass is 79.9. The Morgan fingerprint density at radius 2 is 1.90 bits per heavy atom. The van der Waals surface area contributed by atoms with Crippen LogP contribution in [0.4, 0.5) is 11.4 Å². The normalized spacial score (nSPS) is 15.3. The van der Waals surface area contributed by atoms with Gasteiger partial charge in [0.15, 0.2) is 4.32 Å². The third kappa shape index (κ3) is 4.06. The van der Waals surface area contributed by atoms with E-state index in [9.17, 15) is 14.9 Å². The van der Waals surface area contributed by atoms with Gasteiger partial charge in [-0.3, -0.25) is 19.8 Å². The van der Waals surface area contributed by atoms with Crippen molar-refractivity contribution in [1.29, 1.82) is 0 Å². The number of hydrogen-bond donors (Lipinski definition) is 0. The van der Waals surface area contributed by atoms with Crippen LogP contribution in [0.15, 0.2) is 68.4 Å². The quantitative estimate of drug-likeness (QED) is 0.165. The molecule has 2 aromatic carbocycles. The van der Waals surface area contributed by atoms with Crippen LogP contribution in [0, 0.1) is 10.1 Å². The molecule has 3 aromatic rings. The van der Waals surface area contributed by atoms with E-state index >= 15 is 0 Å². The molecular weight excluding hydrogens is 512 g/mol. The lowest BCUT2D eigenvalue weighted by Gasteiger charge is -2.14. The molecule has 0 saturated carbocycles. The number of thioether (sulfide) groups is 1. The van der Waals surface area contributed by atoms with Crippen LogP contribution in [-0.4, -0.2) is 15.2 Å². The van der Waals surface area contributed by atoms with E-state index in [4.69, 9.17) is 28.2 Å².